The molecular formula is C18H22O11. The number of aromatic hydroxyl groups is 2. The van der Waals surface area contributed by atoms with Gasteiger partial charge in [0.05, 0.1) is 24.7 Å². The van der Waals surface area contributed by atoms with E-state index in [2.05, 4.69) is 0 Å². The van der Waals surface area contributed by atoms with Crippen LogP contribution in [0.1, 0.15) is 16.8 Å². The highest BCUT2D eigenvalue weighted by Crippen LogP contribution is 2.27. The Morgan fingerprint density at radius 1 is 1.07 bits per heavy atom. The molecule has 2 aliphatic rings. The first-order valence-electron chi connectivity index (χ1n) is 8.95. The first-order valence-corrected chi connectivity index (χ1v) is 8.95. The molecule has 5 N–H and O–H groups in total. The average molecular weight is 414 g/mol. The summed E-state index contributed by atoms with van der Waals surface area (Å²) in [5, 5.41) is 48.9. The SMILES string of the molecule is O=C(OCC1OC(OCC2CCOC2=O)C(O)C(O)C1O)c1ccc(O)c(O)c1. The summed E-state index contributed by atoms with van der Waals surface area (Å²) >= 11 is 0. The van der Waals surface area contributed by atoms with E-state index in [4.69, 9.17) is 18.9 Å². The van der Waals surface area contributed by atoms with Gasteiger partial charge in [-0.1, -0.05) is 0 Å². The first-order chi connectivity index (χ1) is 13.8. The summed E-state index contributed by atoms with van der Waals surface area (Å²) in [6, 6.07) is 3.33. The van der Waals surface area contributed by atoms with Crippen LogP contribution in [0, 0.1) is 5.92 Å². The fourth-order valence-corrected chi connectivity index (χ4v) is 2.98. The summed E-state index contributed by atoms with van der Waals surface area (Å²) in [7, 11) is 0. The van der Waals surface area contributed by atoms with E-state index in [0.717, 1.165) is 12.1 Å². The van der Waals surface area contributed by atoms with Crippen molar-refractivity contribution >= 4 is 11.9 Å². The minimum Gasteiger partial charge on any atom is -0.504 e. The molecule has 0 amide bonds. The summed E-state index contributed by atoms with van der Waals surface area (Å²) in [5.74, 6) is -2.74. The maximum Gasteiger partial charge on any atom is 0.338 e. The summed E-state index contributed by atoms with van der Waals surface area (Å²) in [4.78, 5) is 23.6. The van der Waals surface area contributed by atoms with Crippen LogP contribution in [-0.4, -0.2) is 88.0 Å². The zero-order valence-electron chi connectivity index (χ0n) is 15.2. The van der Waals surface area contributed by atoms with Gasteiger partial charge in [0.1, 0.15) is 31.0 Å². The van der Waals surface area contributed by atoms with Crippen molar-refractivity contribution in [3.05, 3.63) is 23.8 Å². The highest BCUT2D eigenvalue weighted by molar-refractivity contribution is 5.90. The molecule has 0 radical (unpaired) electrons. The number of rotatable bonds is 6. The molecule has 0 bridgehead atoms. The molecule has 2 saturated heterocycles. The van der Waals surface area contributed by atoms with E-state index in [1.807, 2.05) is 0 Å². The van der Waals surface area contributed by atoms with Gasteiger partial charge in [-0.3, -0.25) is 4.79 Å². The van der Waals surface area contributed by atoms with Crippen LogP contribution in [0.15, 0.2) is 18.2 Å². The van der Waals surface area contributed by atoms with E-state index >= 15 is 0 Å². The molecule has 3 rings (SSSR count). The maximum absolute atomic E-state index is 12.1. The number of aliphatic hydroxyl groups is 3. The Labute approximate surface area is 165 Å². The Bertz CT molecular complexity index is 751. The number of phenolic OH excluding ortho intramolecular Hbond substituents is 2. The quantitative estimate of drug-likeness (QED) is 0.275. The second-order valence-corrected chi connectivity index (χ2v) is 6.80. The van der Waals surface area contributed by atoms with Crippen molar-refractivity contribution in [2.45, 2.75) is 37.1 Å². The van der Waals surface area contributed by atoms with Gasteiger partial charge in [0, 0.05) is 0 Å². The second-order valence-electron chi connectivity index (χ2n) is 6.80. The number of benzene rings is 1. The number of phenols is 2. The van der Waals surface area contributed by atoms with Crippen LogP contribution in [0.5, 0.6) is 11.5 Å². The van der Waals surface area contributed by atoms with E-state index in [9.17, 15) is 35.1 Å². The third kappa shape index (κ3) is 4.77. The lowest BCUT2D eigenvalue weighted by Gasteiger charge is -2.40. The van der Waals surface area contributed by atoms with Crippen molar-refractivity contribution in [3.8, 4) is 11.5 Å². The monoisotopic (exact) mass is 414 g/mol. The Hall–Kier alpha value is -2.44. The standard InChI is InChI=1S/C18H22O11/c19-10-2-1-8(5-11(10)20)16(24)27-7-12-13(21)14(22)15(23)18(29-12)28-6-9-3-4-26-17(9)25/h1-2,5,9,12-15,18-23H,3-4,6-7H2. The van der Waals surface area contributed by atoms with Crippen LogP contribution in [0.3, 0.4) is 0 Å². The third-order valence-corrected chi connectivity index (χ3v) is 4.76. The lowest BCUT2D eigenvalue weighted by molar-refractivity contribution is -0.302. The summed E-state index contributed by atoms with van der Waals surface area (Å²) in [5.41, 5.74) is -0.0567. The van der Waals surface area contributed by atoms with Crippen LogP contribution in [0.4, 0.5) is 0 Å². The van der Waals surface area contributed by atoms with Gasteiger partial charge in [-0.2, -0.15) is 0 Å². The zero-order valence-corrected chi connectivity index (χ0v) is 15.2. The van der Waals surface area contributed by atoms with Crippen LogP contribution >= 0.6 is 0 Å². The number of ether oxygens (including phenoxy) is 4. The number of aliphatic hydroxyl groups excluding tert-OH is 3. The highest BCUT2D eigenvalue weighted by atomic mass is 16.7. The maximum atomic E-state index is 12.1. The molecule has 11 heteroatoms. The van der Waals surface area contributed by atoms with E-state index in [-0.39, 0.29) is 18.8 Å². The molecule has 2 aliphatic heterocycles. The lowest BCUT2D eigenvalue weighted by Crippen LogP contribution is -2.59. The number of hydrogen-bond donors (Lipinski definition) is 5. The number of cyclic esters (lactones) is 1. The normalized spacial score (nSPS) is 32.0. The van der Waals surface area contributed by atoms with E-state index in [1.54, 1.807) is 0 Å². The van der Waals surface area contributed by atoms with Crippen LogP contribution in [-0.2, 0) is 23.7 Å². The van der Waals surface area contributed by atoms with Gasteiger partial charge < -0.3 is 44.5 Å². The minimum atomic E-state index is -1.63. The van der Waals surface area contributed by atoms with Crippen LogP contribution in [0.25, 0.3) is 0 Å². The van der Waals surface area contributed by atoms with Gasteiger partial charge in [-0.25, -0.2) is 4.79 Å². The van der Waals surface area contributed by atoms with Crippen molar-refractivity contribution in [2.75, 3.05) is 19.8 Å². The summed E-state index contributed by atoms with van der Waals surface area (Å²) in [6.45, 7) is -0.326. The molecule has 0 spiro atoms. The fourth-order valence-electron chi connectivity index (χ4n) is 2.98. The number of carbonyl (C=O) groups is 2. The van der Waals surface area contributed by atoms with E-state index in [1.165, 1.54) is 6.07 Å². The van der Waals surface area contributed by atoms with Gasteiger partial charge in [0.15, 0.2) is 17.8 Å². The predicted molar refractivity (Wildman–Crippen MR) is 91.8 cm³/mol. The predicted octanol–water partition coefficient (Wildman–Crippen LogP) is -1.36. The number of esters is 2. The molecule has 6 unspecified atom stereocenters. The number of carbonyl (C=O) groups excluding carboxylic acids is 2. The van der Waals surface area contributed by atoms with Gasteiger partial charge in [0.2, 0.25) is 0 Å². The molecule has 2 heterocycles. The van der Waals surface area contributed by atoms with Gasteiger partial charge in [0.25, 0.3) is 0 Å². The first kappa shape index (κ1) is 21.3. The van der Waals surface area contributed by atoms with E-state index in [0.29, 0.717) is 6.42 Å². The highest BCUT2D eigenvalue weighted by Gasteiger charge is 2.45. The van der Waals surface area contributed by atoms with E-state index < -0.39 is 66.7 Å². The number of hydrogen-bond acceptors (Lipinski definition) is 11. The molecule has 0 saturated carbocycles. The van der Waals surface area contributed by atoms with Gasteiger partial charge >= 0.3 is 11.9 Å². The molecule has 6 atom stereocenters. The Morgan fingerprint density at radius 2 is 1.83 bits per heavy atom. The van der Waals surface area contributed by atoms with Gasteiger partial charge in [-0.05, 0) is 24.6 Å². The lowest BCUT2D eigenvalue weighted by atomic mass is 9.99. The minimum absolute atomic E-state index is 0.0567. The zero-order chi connectivity index (χ0) is 21.1. The van der Waals surface area contributed by atoms with Crippen molar-refractivity contribution in [2.24, 2.45) is 5.92 Å². The van der Waals surface area contributed by atoms with Crippen molar-refractivity contribution in [3.63, 3.8) is 0 Å². The Morgan fingerprint density at radius 3 is 2.48 bits per heavy atom. The topological polar surface area (TPSA) is 172 Å². The summed E-state index contributed by atoms with van der Waals surface area (Å²) < 4.78 is 20.6. The fraction of sp³-hybridized carbons (Fsp3) is 0.556. The summed E-state index contributed by atoms with van der Waals surface area (Å²) in [6.07, 6.45) is -6.91. The molecule has 160 valence electrons. The van der Waals surface area contributed by atoms with Crippen LogP contribution in [0.2, 0.25) is 0 Å². The Balaban J connectivity index is 1.57. The van der Waals surface area contributed by atoms with Crippen molar-refractivity contribution in [1.29, 1.82) is 0 Å². The molecule has 0 aliphatic carbocycles. The molecule has 1 aromatic carbocycles. The molecular weight excluding hydrogens is 392 g/mol. The van der Waals surface area contributed by atoms with Crippen molar-refractivity contribution in [1.82, 2.24) is 0 Å². The van der Waals surface area contributed by atoms with Gasteiger partial charge in [-0.15, -0.1) is 0 Å². The van der Waals surface area contributed by atoms with Crippen molar-refractivity contribution < 1.29 is 54.1 Å². The average Bonchev–Trinajstić information content (AvgIpc) is 3.11. The molecule has 1 aromatic rings. The smallest absolute Gasteiger partial charge is 0.338 e. The molecule has 0 aromatic heterocycles. The third-order valence-electron chi connectivity index (χ3n) is 4.76. The molecule has 11 nitrogen and oxygen atoms in total. The molecule has 29 heavy (non-hydrogen) atoms. The Kier molecular flexibility index (Phi) is 6.55. The van der Waals surface area contributed by atoms with Crippen LogP contribution < -0.4 is 0 Å². The molecule has 2 fully saturated rings. The second kappa shape index (κ2) is 8.93. The largest absolute Gasteiger partial charge is 0.504 e.